The SMILES string of the molecule is CC(C)(C)C(CN)Sc1nc(N)cc(=O)[nH]1. The first-order valence-corrected chi connectivity index (χ1v) is 5.94. The summed E-state index contributed by atoms with van der Waals surface area (Å²) in [5.74, 6) is 0.232. The van der Waals surface area contributed by atoms with Crippen molar-refractivity contribution in [3.63, 3.8) is 0 Å². The molecule has 1 unspecified atom stereocenters. The average Bonchev–Trinajstić information content (AvgIpc) is 2.10. The Morgan fingerprint density at radius 3 is 2.62 bits per heavy atom. The third-order valence-corrected chi connectivity index (χ3v) is 3.77. The fourth-order valence-corrected chi connectivity index (χ4v) is 2.26. The number of nitrogens with zero attached hydrogens (tertiary/aromatic N) is 1. The lowest BCUT2D eigenvalue weighted by atomic mass is 9.92. The standard InChI is InChI=1S/C10H18N4OS/c1-10(2,3)6(5-11)16-9-13-7(12)4-8(15)14-9/h4,6H,5,11H2,1-3H3,(H3,12,13,14,15). The van der Waals surface area contributed by atoms with Gasteiger partial charge in [0.05, 0.1) is 0 Å². The molecular formula is C10H18N4OS. The predicted molar refractivity (Wildman–Crippen MR) is 67.4 cm³/mol. The Labute approximate surface area is 99.0 Å². The van der Waals surface area contributed by atoms with Gasteiger partial charge in [0.2, 0.25) is 0 Å². The third kappa shape index (κ3) is 3.53. The minimum absolute atomic E-state index is 0.0442. The van der Waals surface area contributed by atoms with Crippen molar-refractivity contribution in [3.05, 3.63) is 16.4 Å². The topological polar surface area (TPSA) is 97.8 Å². The highest BCUT2D eigenvalue weighted by Gasteiger charge is 2.25. The molecule has 90 valence electrons. The molecule has 1 heterocycles. The van der Waals surface area contributed by atoms with Crippen LogP contribution in [-0.4, -0.2) is 21.8 Å². The van der Waals surface area contributed by atoms with Crippen molar-refractivity contribution in [3.8, 4) is 0 Å². The van der Waals surface area contributed by atoms with Gasteiger partial charge in [0.25, 0.3) is 5.56 Å². The fraction of sp³-hybridized carbons (Fsp3) is 0.600. The van der Waals surface area contributed by atoms with Crippen LogP contribution < -0.4 is 17.0 Å². The molecule has 0 saturated heterocycles. The van der Waals surface area contributed by atoms with Crippen LogP contribution in [0, 0.1) is 5.41 Å². The Kier molecular flexibility index (Phi) is 3.98. The van der Waals surface area contributed by atoms with Gasteiger partial charge in [-0.1, -0.05) is 32.5 Å². The van der Waals surface area contributed by atoms with E-state index in [2.05, 4.69) is 30.7 Å². The Morgan fingerprint density at radius 2 is 2.19 bits per heavy atom. The number of hydrogen-bond donors (Lipinski definition) is 3. The number of nitrogens with two attached hydrogens (primary N) is 2. The second-order valence-electron chi connectivity index (χ2n) is 4.68. The maximum absolute atomic E-state index is 11.2. The van der Waals surface area contributed by atoms with Crippen molar-refractivity contribution in [1.29, 1.82) is 0 Å². The summed E-state index contributed by atoms with van der Waals surface area (Å²) in [6.45, 7) is 6.82. The molecule has 0 aromatic carbocycles. The van der Waals surface area contributed by atoms with Crippen LogP contribution in [-0.2, 0) is 0 Å². The van der Waals surface area contributed by atoms with E-state index in [-0.39, 0.29) is 22.0 Å². The number of nitrogens with one attached hydrogen (secondary N) is 1. The number of rotatable bonds is 3. The van der Waals surface area contributed by atoms with E-state index in [1.54, 1.807) is 0 Å². The number of aromatic amines is 1. The van der Waals surface area contributed by atoms with E-state index in [1.807, 2.05) is 0 Å². The Morgan fingerprint density at radius 1 is 1.56 bits per heavy atom. The van der Waals surface area contributed by atoms with Gasteiger partial charge < -0.3 is 16.5 Å². The molecular weight excluding hydrogens is 224 g/mol. The van der Waals surface area contributed by atoms with E-state index >= 15 is 0 Å². The largest absolute Gasteiger partial charge is 0.383 e. The van der Waals surface area contributed by atoms with E-state index in [4.69, 9.17) is 11.5 Å². The molecule has 0 amide bonds. The summed E-state index contributed by atoms with van der Waals surface area (Å²) < 4.78 is 0. The molecule has 1 aromatic rings. The molecule has 5 N–H and O–H groups in total. The van der Waals surface area contributed by atoms with E-state index in [9.17, 15) is 4.79 Å². The minimum atomic E-state index is -0.236. The Bertz CT molecular complexity index is 410. The molecule has 1 aromatic heterocycles. The zero-order valence-corrected chi connectivity index (χ0v) is 10.6. The van der Waals surface area contributed by atoms with Gasteiger partial charge in [0.1, 0.15) is 5.82 Å². The quantitative estimate of drug-likeness (QED) is 0.538. The molecule has 0 saturated carbocycles. The average molecular weight is 242 g/mol. The molecule has 0 bridgehead atoms. The summed E-state index contributed by atoms with van der Waals surface area (Å²) in [6, 6.07) is 1.26. The normalized spacial score (nSPS) is 13.8. The maximum Gasteiger partial charge on any atom is 0.253 e. The first-order valence-electron chi connectivity index (χ1n) is 5.06. The highest BCUT2D eigenvalue weighted by molar-refractivity contribution is 7.99. The van der Waals surface area contributed by atoms with Crippen molar-refractivity contribution >= 4 is 17.6 Å². The lowest BCUT2D eigenvalue weighted by Gasteiger charge is -2.28. The van der Waals surface area contributed by atoms with Crippen LogP contribution >= 0.6 is 11.8 Å². The zero-order chi connectivity index (χ0) is 12.3. The van der Waals surface area contributed by atoms with Gasteiger partial charge in [0.15, 0.2) is 5.16 Å². The van der Waals surface area contributed by atoms with Crippen LogP contribution in [0.2, 0.25) is 0 Å². The molecule has 0 spiro atoms. The number of nitrogen functional groups attached to an aromatic ring is 1. The lowest BCUT2D eigenvalue weighted by Crippen LogP contribution is -2.31. The molecule has 0 fully saturated rings. The van der Waals surface area contributed by atoms with Gasteiger partial charge in [-0.05, 0) is 5.41 Å². The van der Waals surface area contributed by atoms with E-state index in [1.165, 1.54) is 17.8 Å². The monoisotopic (exact) mass is 242 g/mol. The molecule has 0 aliphatic heterocycles. The maximum atomic E-state index is 11.2. The smallest absolute Gasteiger partial charge is 0.253 e. The molecule has 0 aliphatic carbocycles. The van der Waals surface area contributed by atoms with Crippen LogP contribution in [0.15, 0.2) is 16.0 Å². The van der Waals surface area contributed by atoms with Gasteiger partial charge in [-0.3, -0.25) is 4.79 Å². The van der Waals surface area contributed by atoms with Crippen LogP contribution in [0.4, 0.5) is 5.82 Å². The van der Waals surface area contributed by atoms with Gasteiger partial charge in [-0.15, -0.1) is 0 Å². The highest BCUT2D eigenvalue weighted by atomic mass is 32.2. The summed E-state index contributed by atoms with van der Waals surface area (Å²) in [5.41, 5.74) is 11.0. The predicted octanol–water partition coefficient (Wildman–Crippen LogP) is 0.818. The van der Waals surface area contributed by atoms with Crippen molar-refractivity contribution in [2.24, 2.45) is 11.1 Å². The summed E-state index contributed by atoms with van der Waals surface area (Å²) in [5, 5.41) is 0.702. The number of thioether (sulfide) groups is 1. The lowest BCUT2D eigenvalue weighted by molar-refractivity contribution is 0.398. The summed E-state index contributed by atoms with van der Waals surface area (Å²) >= 11 is 1.45. The minimum Gasteiger partial charge on any atom is -0.383 e. The Balaban J connectivity index is 2.90. The van der Waals surface area contributed by atoms with Crippen LogP contribution in [0.5, 0.6) is 0 Å². The number of anilines is 1. The third-order valence-electron chi connectivity index (χ3n) is 2.17. The van der Waals surface area contributed by atoms with Crippen molar-refractivity contribution in [2.75, 3.05) is 12.3 Å². The van der Waals surface area contributed by atoms with Crippen LogP contribution in [0.1, 0.15) is 20.8 Å². The molecule has 0 radical (unpaired) electrons. The van der Waals surface area contributed by atoms with Crippen LogP contribution in [0.3, 0.4) is 0 Å². The van der Waals surface area contributed by atoms with Crippen molar-refractivity contribution in [1.82, 2.24) is 9.97 Å². The van der Waals surface area contributed by atoms with E-state index < -0.39 is 0 Å². The molecule has 1 atom stereocenters. The van der Waals surface area contributed by atoms with Gasteiger partial charge in [0, 0.05) is 17.9 Å². The summed E-state index contributed by atoms with van der Waals surface area (Å²) in [4.78, 5) is 17.9. The van der Waals surface area contributed by atoms with E-state index in [0.29, 0.717) is 11.7 Å². The van der Waals surface area contributed by atoms with Crippen molar-refractivity contribution < 1.29 is 0 Å². The molecule has 1 rings (SSSR count). The molecule has 6 heteroatoms. The Hall–Kier alpha value is -1.01. The number of aromatic nitrogens is 2. The number of H-pyrrole nitrogens is 1. The second kappa shape index (κ2) is 4.88. The van der Waals surface area contributed by atoms with E-state index in [0.717, 1.165) is 0 Å². The summed E-state index contributed by atoms with van der Waals surface area (Å²) in [6.07, 6.45) is 0. The second-order valence-corrected chi connectivity index (χ2v) is 5.88. The van der Waals surface area contributed by atoms with Gasteiger partial charge in [-0.25, -0.2) is 4.98 Å². The molecule has 0 aliphatic rings. The number of hydrogen-bond acceptors (Lipinski definition) is 5. The van der Waals surface area contributed by atoms with Gasteiger partial charge >= 0.3 is 0 Å². The van der Waals surface area contributed by atoms with Gasteiger partial charge in [-0.2, -0.15) is 0 Å². The first-order chi connectivity index (χ1) is 7.32. The molecule has 5 nitrogen and oxygen atoms in total. The highest BCUT2D eigenvalue weighted by Crippen LogP contribution is 2.32. The van der Waals surface area contributed by atoms with Crippen molar-refractivity contribution in [2.45, 2.75) is 31.2 Å². The summed E-state index contributed by atoms with van der Waals surface area (Å²) in [7, 11) is 0. The van der Waals surface area contributed by atoms with Crippen LogP contribution in [0.25, 0.3) is 0 Å². The first kappa shape index (κ1) is 13.1. The molecule has 16 heavy (non-hydrogen) atoms. The zero-order valence-electron chi connectivity index (χ0n) is 9.78. The fourth-order valence-electron chi connectivity index (χ4n) is 1.22.